The van der Waals surface area contributed by atoms with Crippen LogP contribution in [0.5, 0.6) is 0 Å². The minimum atomic E-state index is -0.662. The lowest BCUT2D eigenvalue weighted by Crippen LogP contribution is -2.19. The Balaban J connectivity index is 1.58. The predicted molar refractivity (Wildman–Crippen MR) is 93.0 cm³/mol. The van der Waals surface area contributed by atoms with Crippen molar-refractivity contribution in [2.75, 3.05) is 16.4 Å². The van der Waals surface area contributed by atoms with Crippen LogP contribution >= 0.6 is 11.8 Å². The summed E-state index contributed by atoms with van der Waals surface area (Å²) in [7, 11) is 0. The molecule has 0 atom stereocenters. The van der Waals surface area contributed by atoms with Crippen LogP contribution in [0.1, 0.15) is 0 Å². The molecule has 0 unspecified atom stereocenters. The molecule has 0 radical (unpaired) electrons. The Morgan fingerprint density at radius 1 is 1.08 bits per heavy atom. The van der Waals surface area contributed by atoms with Crippen LogP contribution < -0.4 is 16.4 Å². The summed E-state index contributed by atoms with van der Waals surface area (Å²) in [5, 5.41) is 5.63. The number of amides is 3. The van der Waals surface area contributed by atoms with E-state index in [4.69, 9.17) is 10.2 Å². The van der Waals surface area contributed by atoms with E-state index < -0.39 is 6.03 Å². The molecule has 3 rings (SSSR count). The number of rotatable bonds is 5. The van der Waals surface area contributed by atoms with Crippen LogP contribution in [0.3, 0.4) is 0 Å². The Labute approximate surface area is 141 Å². The molecule has 0 aliphatic rings. The van der Waals surface area contributed by atoms with Gasteiger partial charge in [-0.05, 0) is 30.3 Å². The molecular weight excluding hydrogens is 328 g/mol. The fraction of sp³-hybridized carbons (Fsp3) is 0.0625. The number of oxazole rings is 1. The van der Waals surface area contributed by atoms with Gasteiger partial charge in [0.15, 0.2) is 5.58 Å². The molecule has 0 bridgehead atoms. The van der Waals surface area contributed by atoms with E-state index in [-0.39, 0.29) is 11.7 Å². The number of carbonyl (C=O) groups is 2. The maximum atomic E-state index is 12.0. The minimum absolute atomic E-state index is 0.153. The minimum Gasteiger partial charge on any atom is -0.431 e. The number of benzene rings is 2. The topological polar surface area (TPSA) is 110 Å². The van der Waals surface area contributed by atoms with Crippen molar-refractivity contribution in [1.82, 2.24) is 4.98 Å². The fourth-order valence-corrected chi connectivity index (χ4v) is 2.69. The van der Waals surface area contributed by atoms with Gasteiger partial charge >= 0.3 is 6.03 Å². The summed E-state index contributed by atoms with van der Waals surface area (Å²) in [6.45, 7) is 0. The normalized spacial score (nSPS) is 10.5. The molecule has 0 saturated heterocycles. The number of hydrogen-bond acceptors (Lipinski definition) is 5. The summed E-state index contributed by atoms with van der Waals surface area (Å²) in [6.07, 6.45) is 0. The highest BCUT2D eigenvalue weighted by Crippen LogP contribution is 2.23. The maximum absolute atomic E-state index is 12.0. The first-order valence-electron chi connectivity index (χ1n) is 7.05. The Morgan fingerprint density at radius 3 is 2.58 bits per heavy atom. The van der Waals surface area contributed by atoms with Gasteiger partial charge in [0.05, 0.1) is 5.75 Å². The highest BCUT2D eigenvalue weighted by molar-refractivity contribution is 7.99. The second kappa shape index (κ2) is 7.05. The van der Waals surface area contributed by atoms with E-state index in [1.54, 1.807) is 24.3 Å². The third-order valence-corrected chi connectivity index (χ3v) is 3.84. The lowest BCUT2D eigenvalue weighted by molar-refractivity contribution is -0.113. The van der Waals surface area contributed by atoms with Gasteiger partial charge in [0.1, 0.15) is 5.52 Å². The number of nitrogens with two attached hydrogens (primary N) is 1. The number of aromatic nitrogens is 1. The van der Waals surface area contributed by atoms with E-state index in [9.17, 15) is 9.59 Å². The summed E-state index contributed by atoms with van der Waals surface area (Å²) >= 11 is 1.21. The SMILES string of the molecule is NC(=O)Nc1cccc(NC(=O)CSc2nc3ccccc3o2)c1. The number of hydrogen-bond donors (Lipinski definition) is 3. The number of urea groups is 1. The first-order chi connectivity index (χ1) is 11.6. The number of nitrogens with zero attached hydrogens (tertiary/aromatic N) is 1. The zero-order valence-electron chi connectivity index (χ0n) is 12.5. The fourth-order valence-electron chi connectivity index (χ4n) is 2.05. The summed E-state index contributed by atoms with van der Waals surface area (Å²) in [4.78, 5) is 27.2. The number of thioether (sulfide) groups is 1. The Kier molecular flexibility index (Phi) is 4.66. The van der Waals surface area contributed by atoms with E-state index in [0.29, 0.717) is 22.2 Å². The lowest BCUT2D eigenvalue weighted by Gasteiger charge is -2.07. The maximum Gasteiger partial charge on any atom is 0.316 e. The van der Waals surface area contributed by atoms with Gasteiger partial charge in [0.25, 0.3) is 5.22 Å². The van der Waals surface area contributed by atoms with Gasteiger partial charge in [0.2, 0.25) is 5.91 Å². The van der Waals surface area contributed by atoms with E-state index in [1.165, 1.54) is 11.8 Å². The van der Waals surface area contributed by atoms with Gasteiger partial charge in [-0.2, -0.15) is 0 Å². The van der Waals surface area contributed by atoms with E-state index in [1.807, 2.05) is 24.3 Å². The summed E-state index contributed by atoms with van der Waals surface area (Å²) in [5.74, 6) is -0.0567. The second-order valence-corrected chi connectivity index (χ2v) is 5.78. The zero-order chi connectivity index (χ0) is 16.9. The molecule has 0 spiro atoms. The Morgan fingerprint density at radius 2 is 1.83 bits per heavy atom. The largest absolute Gasteiger partial charge is 0.431 e. The van der Waals surface area contributed by atoms with Gasteiger partial charge in [-0.1, -0.05) is 30.0 Å². The third-order valence-electron chi connectivity index (χ3n) is 3.01. The molecule has 1 heterocycles. The predicted octanol–water partition coefficient (Wildman–Crippen LogP) is 3.05. The van der Waals surface area contributed by atoms with Gasteiger partial charge in [-0.3, -0.25) is 4.79 Å². The molecule has 3 amide bonds. The molecule has 4 N–H and O–H groups in total. The highest BCUT2D eigenvalue weighted by Gasteiger charge is 2.09. The van der Waals surface area contributed by atoms with E-state index in [0.717, 1.165) is 5.52 Å². The molecular formula is C16H14N4O3S. The number of nitrogens with one attached hydrogen (secondary N) is 2. The van der Waals surface area contributed by atoms with Crippen molar-refractivity contribution in [1.29, 1.82) is 0 Å². The Hall–Kier alpha value is -3.00. The van der Waals surface area contributed by atoms with Gasteiger partial charge in [-0.15, -0.1) is 0 Å². The first-order valence-corrected chi connectivity index (χ1v) is 8.03. The van der Waals surface area contributed by atoms with Crippen LogP contribution in [0.2, 0.25) is 0 Å². The summed E-state index contributed by atoms with van der Waals surface area (Å²) < 4.78 is 5.54. The van der Waals surface area contributed by atoms with Crippen LogP contribution in [0.4, 0.5) is 16.2 Å². The van der Waals surface area contributed by atoms with Gasteiger partial charge in [0, 0.05) is 11.4 Å². The molecule has 24 heavy (non-hydrogen) atoms. The average molecular weight is 342 g/mol. The van der Waals surface area contributed by atoms with Crippen LogP contribution in [-0.4, -0.2) is 22.7 Å². The van der Waals surface area contributed by atoms with E-state index >= 15 is 0 Å². The first kappa shape index (κ1) is 15.9. The number of anilines is 2. The number of para-hydroxylation sites is 2. The van der Waals surface area contributed by atoms with Crippen LogP contribution in [0.15, 0.2) is 58.2 Å². The zero-order valence-corrected chi connectivity index (χ0v) is 13.3. The van der Waals surface area contributed by atoms with Crippen molar-refractivity contribution in [2.45, 2.75) is 5.22 Å². The molecule has 0 aliphatic heterocycles. The molecule has 8 heteroatoms. The van der Waals surface area contributed by atoms with Crippen molar-refractivity contribution in [3.63, 3.8) is 0 Å². The second-order valence-electron chi connectivity index (χ2n) is 4.85. The molecule has 0 fully saturated rings. The highest BCUT2D eigenvalue weighted by atomic mass is 32.2. The molecule has 0 aliphatic carbocycles. The van der Waals surface area contributed by atoms with Crippen molar-refractivity contribution >= 4 is 46.2 Å². The van der Waals surface area contributed by atoms with Crippen LogP contribution in [-0.2, 0) is 4.79 Å². The summed E-state index contributed by atoms with van der Waals surface area (Å²) in [5.41, 5.74) is 7.57. The van der Waals surface area contributed by atoms with Gasteiger partial charge in [-0.25, -0.2) is 9.78 Å². The van der Waals surface area contributed by atoms with Crippen molar-refractivity contribution in [3.8, 4) is 0 Å². The van der Waals surface area contributed by atoms with Gasteiger partial charge < -0.3 is 20.8 Å². The number of fused-ring (bicyclic) bond motifs is 1. The lowest BCUT2D eigenvalue weighted by atomic mass is 10.3. The molecule has 2 aromatic carbocycles. The summed E-state index contributed by atoms with van der Waals surface area (Å²) in [6, 6.07) is 13.5. The smallest absolute Gasteiger partial charge is 0.316 e. The molecule has 122 valence electrons. The molecule has 0 saturated carbocycles. The monoisotopic (exact) mass is 342 g/mol. The van der Waals surface area contributed by atoms with Crippen molar-refractivity contribution in [3.05, 3.63) is 48.5 Å². The standard InChI is InChI=1S/C16H14N4O3S/c17-15(22)19-11-5-3-4-10(8-11)18-14(21)9-24-16-20-12-6-1-2-7-13(12)23-16/h1-8H,9H2,(H,18,21)(H3,17,19,22). The van der Waals surface area contributed by atoms with E-state index in [2.05, 4.69) is 15.6 Å². The number of primary amides is 1. The quantitative estimate of drug-likeness (QED) is 0.617. The van der Waals surface area contributed by atoms with Crippen LogP contribution in [0, 0.1) is 0 Å². The molecule has 7 nitrogen and oxygen atoms in total. The molecule has 3 aromatic rings. The number of carbonyl (C=O) groups excluding carboxylic acids is 2. The van der Waals surface area contributed by atoms with Crippen LogP contribution in [0.25, 0.3) is 11.1 Å². The van der Waals surface area contributed by atoms with Crippen molar-refractivity contribution < 1.29 is 14.0 Å². The van der Waals surface area contributed by atoms with Crippen molar-refractivity contribution in [2.24, 2.45) is 5.73 Å². The average Bonchev–Trinajstić information content (AvgIpc) is 2.95. The third kappa shape index (κ3) is 4.05. The Bertz CT molecular complexity index is 861. The molecule has 1 aromatic heterocycles.